The third kappa shape index (κ3) is 5.62. The Morgan fingerprint density at radius 3 is 2.66 bits per heavy atom. The fourth-order valence-electron chi connectivity index (χ4n) is 4.94. The molecule has 5 nitrogen and oxygen atoms in total. The number of nitrogens with zero attached hydrogens (tertiary/aromatic N) is 2. The third-order valence-corrected chi connectivity index (χ3v) is 6.94. The summed E-state index contributed by atoms with van der Waals surface area (Å²) in [5.74, 6) is 2.89. The van der Waals surface area contributed by atoms with Gasteiger partial charge in [-0.15, -0.1) is 0 Å². The molecule has 1 fully saturated rings. The van der Waals surface area contributed by atoms with Crippen molar-refractivity contribution in [2.45, 2.75) is 59.4 Å². The molecule has 0 aromatic heterocycles. The van der Waals surface area contributed by atoms with Crippen LogP contribution < -0.4 is 9.47 Å². The van der Waals surface area contributed by atoms with Gasteiger partial charge in [0.1, 0.15) is 23.0 Å². The Morgan fingerprint density at radius 2 is 2.00 bits per heavy atom. The first-order chi connectivity index (χ1) is 15.4. The van der Waals surface area contributed by atoms with Crippen LogP contribution in [0.5, 0.6) is 11.5 Å². The monoisotopic (exact) mass is 440 g/mol. The summed E-state index contributed by atoms with van der Waals surface area (Å²) < 4.78 is 12.2. The number of ether oxygens (including phenoxy) is 2. The van der Waals surface area contributed by atoms with Crippen LogP contribution >= 0.6 is 0 Å². The van der Waals surface area contributed by atoms with Crippen LogP contribution in [-0.2, 0) is 4.79 Å². The second kappa shape index (κ2) is 11.2. The summed E-state index contributed by atoms with van der Waals surface area (Å²) >= 11 is 0. The highest BCUT2D eigenvalue weighted by molar-refractivity contribution is 5.85. The molecule has 0 aliphatic carbocycles. The average Bonchev–Trinajstić information content (AvgIpc) is 2.77. The lowest BCUT2D eigenvalue weighted by molar-refractivity contribution is -0.129. The van der Waals surface area contributed by atoms with Gasteiger partial charge in [0, 0.05) is 37.1 Å². The predicted molar refractivity (Wildman–Crippen MR) is 131 cm³/mol. The van der Waals surface area contributed by atoms with E-state index in [4.69, 9.17) is 9.47 Å². The van der Waals surface area contributed by atoms with Crippen LogP contribution in [0.3, 0.4) is 0 Å². The molecule has 3 rings (SSSR count). The number of fused-ring (bicyclic) bond motifs is 1. The molecule has 1 aromatic carbocycles. The number of likely N-dealkylation sites (tertiary alicyclic amines) is 1. The van der Waals surface area contributed by atoms with E-state index in [1.165, 1.54) is 11.1 Å². The number of Topliss-reactive ketones (excluding diaryl/α,β-unsaturated/α-hetero) is 1. The predicted octanol–water partition coefficient (Wildman–Crippen LogP) is 5.17. The molecule has 1 aromatic rings. The normalized spacial score (nSPS) is 21.7. The maximum atomic E-state index is 12.5. The van der Waals surface area contributed by atoms with Crippen molar-refractivity contribution in [3.8, 4) is 11.5 Å². The van der Waals surface area contributed by atoms with E-state index in [2.05, 4.69) is 57.2 Å². The van der Waals surface area contributed by atoms with Crippen LogP contribution in [0, 0.1) is 5.92 Å². The zero-order chi connectivity index (χ0) is 23.3. The average molecular weight is 441 g/mol. The number of hydrogen-bond donors (Lipinski definition) is 0. The largest absolute Gasteiger partial charge is 0.493 e. The quantitative estimate of drug-likeness (QED) is 0.502. The van der Waals surface area contributed by atoms with E-state index in [0.717, 1.165) is 68.3 Å². The van der Waals surface area contributed by atoms with Gasteiger partial charge in [-0.25, -0.2) is 0 Å². The molecule has 0 saturated carbocycles. The first-order valence-electron chi connectivity index (χ1n) is 12.2. The van der Waals surface area contributed by atoms with Gasteiger partial charge >= 0.3 is 0 Å². The first-order valence-corrected chi connectivity index (χ1v) is 12.2. The van der Waals surface area contributed by atoms with Gasteiger partial charge in [-0.3, -0.25) is 9.69 Å². The van der Waals surface area contributed by atoms with Crippen LogP contribution in [0.4, 0.5) is 0 Å². The van der Waals surface area contributed by atoms with E-state index >= 15 is 0 Å². The van der Waals surface area contributed by atoms with Gasteiger partial charge in [0.2, 0.25) is 0 Å². The van der Waals surface area contributed by atoms with Gasteiger partial charge in [-0.1, -0.05) is 33.8 Å². The zero-order valence-corrected chi connectivity index (χ0v) is 20.6. The lowest BCUT2D eigenvalue weighted by Gasteiger charge is -2.35. The highest BCUT2D eigenvalue weighted by atomic mass is 16.5. The van der Waals surface area contributed by atoms with E-state index in [1.807, 2.05) is 12.1 Å². The van der Waals surface area contributed by atoms with E-state index in [0.29, 0.717) is 18.8 Å². The second-order valence-electron chi connectivity index (χ2n) is 9.16. The van der Waals surface area contributed by atoms with Gasteiger partial charge in [0.15, 0.2) is 0 Å². The number of allylic oxidation sites excluding steroid dienone is 2. The second-order valence-corrected chi connectivity index (χ2v) is 9.16. The summed E-state index contributed by atoms with van der Waals surface area (Å²) in [5, 5.41) is 0. The number of piperidine rings is 1. The molecular weight excluding hydrogens is 400 g/mol. The van der Waals surface area contributed by atoms with Crippen molar-refractivity contribution in [3.63, 3.8) is 0 Å². The minimum Gasteiger partial charge on any atom is -0.493 e. The summed E-state index contributed by atoms with van der Waals surface area (Å²) in [7, 11) is 2.05. The first kappa shape index (κ1) is 24.5. The Morgan fingerprint density at radius 1 is 1.25 bits per heavy atom. The van der Waals surface area contributed by atoms with Crippen LogP contribution in [0.25, 0.3) is 5.57 Å². The molecule has 2 aliphatic rings. The Hall–Kier alpha value is -2.11. The number of hydrogen-bond acceptors (Lipinski definition) is 5. The topological polar surface area (TPSA) is 42.0 Å². The van der Waals surface area contributed by atoms with Crippen LogP contribution in [0.15, 0.2) is 36.1 Å². The molecule has 1 saturated heterocycles. The minimum absolute atomic E-state index is 0.0742. The summed E-state index contributed by atoms with van der Waals surface area (Å²) in [6, 6.07) is 6.12. The Labute approximate surface area is 194 Å². The van der Waals surface area contributed by atoms with Crippen molar-refractivity contribution in [2.75, 3.05) is 39.8 Å². The standard InChI is InChI=1S/C27H40N2O3/c1-7-10-25-26(30)15-21(17-28(25)6)18-31-22-11-12-24-19(4)23(13-14-29(8-2)9-3)20(5)32-27(24)16-22/h11-12,16,21,25H,5,7-10,13-15,17-18H2,1-4,6H3. The van der Waals surface area contributed by atoms with E-state index < -0.39 is 0 Å². The summed E-state index contributed by atoms with van der Waals surface area (Å²) in [6.45, 7) is 17.4. The Balaban J connectivity index is 1.64. The van der Waals surface area contributed by atoms with Crippen molar-refractivity contribution in [1.29, 1.82) is 0 Å². The maximum absolute atomic E-state index is 12.5. The lowest BCUT2D eigenvalue weighted by atomic mass is 9.90. The highest BCUT2D eigenvalue weighted by Crippen LogP contribution is 2.40. The maximum Gasteiger partial charge on any atom is 0.150 e. The molecule has 0 amide bonds. The van der Waals surface area contributed by atoms with Gasteiger partial charge in [-0.2, -0.15) is 0 Å². The van der Waals surface area contributed by atoms with E-state index in [1.54, 1.807) is 0 Å². The Bertz CT molecular complexity index is 856. The minimum atomic E-state index is 0.0742. The third-order valence-electron chi connectivity index (χ3n) is 6.94. The van der Waals surface area contributed by atoms with E-state index in [-0.39, 0.29) is 12.0 Å². The number of carbonyl (C=O) groups is 1. The summed E-state index contributed by atoms with van der Waals surface area (Å²) in [6.07, 6.45) is 3.52. The van der Waals surface area contributed by atoms with E-state index in [9.17, 15) is 4.79 Å². The molecule has 2 aliphatic heterocycles. The molecule has 5 heteroatoms. The summed E-state index contributed by atoms with van der Waals surface area (Å²) in [5.41, 5.74) is 3.54. The molecule has 2 unspecified atom stereocenters. The van der Waals surface area contributed by atoms with Crippen molar-refractivity contribution >= 4 is 11.4 Å². The number of likely N-dealkylation sites (N-methyl/N-ethyl adjacent to an activating group) is 1. The van der Waals surface area contributed by atoms with Gasteiger partial charge in [0.25, 0.3) is 0 Å². The zero-order valence-electron chi connectivity index (χ0n) is 20.6. The molecule has 0 spiro atoms. The van der Waals surface area contributed by atoms with Gasteiger partial charge in [0.05, 0.1) is 12.6 Å². The van der Waals surface area contributed by atoms with Gasteiger partial charge in [-0.05, 0) is 63.2 Å². The number of ketones is 1. The molecular formula is C27H40N2O3. The van der Waals surface area contributed by atoms with Crippen molar-refractivity contribution < 1.29 is 14.3 Å². The fourth-order valence-corrected chi connectivity index (χ4v) is 4.94. The Kier molecular flexibility index (Phi) is 8.55. The molecule has 2 heterocycles. The van der Waals surface area contributed by atoms with Crippen molar-refractivity contribution in [3.05, 3.63) is 41.7 Å². The molecule has 32 heavy (non-hydrogen) atoms. The molecule has 0 bridgehead atoms. The smallest absolute Gasteiger partial charge is 0.150 e. The van der Waals surface area contributed by atoms with Crippen molar-refractivity contribution in [1.82, 2.24) is 9.80 Å². The SMILES string of the molecule is C=C1Oc2cc(OCC3CC(=O)C(CCC)N(C)C3)ccc2C(C)=C1CCN(CC)CC. The van der Waals surface area contributed by atoms with Crippen LogP contribution in [-0.4, -0.2) is 61.5 Å². The molecule has 2 atom stereocenters. The van der Waals surface area contributed by atoms with Crippen LogP contribution in [0.2, 0.25) is 0 Å². The number of carbonyl (C=O) groups excluding carboxylic acids is 1. The van der Waals surface area contributed by atoms with Gasteiger partial charge < -0.3 is 14.4 Å². The molecule has 0 N–H and O–H groups in total. The molecule has 0 radical (unpaired) electrons. The lowest BCUT2D eigenvalue weighted by Crippen LogP contribution is -2.48. The van der Waals surface area contributed by atoms with Crippen LogP contribution in [0.1, 0.15) is 58.9 Å². The number of rotatable bonds is 10. The molecule has 176 valence electrons. The summed E-state index contributed by atoms with van der Waals surface area (Å²) in [4.78, 5) is 17.1. The van der Waals surface area contributed by atoms with Crippen molar-refractivity contribution in [2.24, 2.45) is 5.92 Å². The fraction of sp³-hybridized carbons (Fsp3) is 0.593. The highest BCUT2D eigenvalue weighted by Gasteiger charge is 2.32. The number of benzene rings is 1.